The van der Waals surface area contributed by atoms with Gasteiger partial charge in [-0.15, -0.1) is 10.2 Å². The lowest BCUT2D eigenvalue weighted by atomic mass is 10.6. The molecule has 0 saturated heterocycles. The molecule has 10 heavy (non-hydrogen) atoms. The number of anilines is 1. The van der Waals surface area contributed by atoms with Crippen molar-refractivity contribution in [3.05, 3.63) is 11.3 Å². The van der Waals surface area contributed by atoms with Gasteiger partial charge in [-0.2, -0.15) is 5.26 Å². The summed E-state index contributed by atoms with van der Waals surface area (Å²) in [7, 11) is 0. The van der Waals surface area contributed by atoms with Gasteiger partial charge in [0, 0.05) is 0 Å². The summed E-state index contributed by atoms with van der Waals surface area (Å²) in [4.78, 5) is 0. The van der Waals surface area contributed by atoms with Crippen LogP contribution in [0, 0.1) is 11.5 Å². The van der Waals surface area contributed by atoms with E-state index >= 15 is 0 Å². The highest BCUT2D eigenvalue weighted by Gasteiger charge is 1.98. The molecular formula is C4H2ClN5. The Hall–Kier alpha value is -1.41. The van der Waals surface area contributed by atoms with Gasteiger partial charge in [0.2, 0.25) is 0 Å². The van der Waals surface area contributed by atoms with Crippen LogP contribution < -0.4 is 5.32 Å². The van der Waals surface area contributed by atoms with Gasteiger partial charge in [0.05, 0.1) is 6.20 Å². The molecule has 0 aromatic carbocycles. The average molecular weight is 156 g/mol. The molecule has 5 nitrogen and oxygen atoms in total. The number of nitrogens with one attached hydrogen (secondary N) is 1. The number of hydrogen-bond acceptors (Lipinski definition) is 5. The monoisotopic (exact) mass is 155 g/mol. The third-order valence-electron chi connectivity index (χ3n) is 0.784. The van der Waals surface area contributed by atoms with E-state index in [1.807, 2.05) is 0 Å². The molecule has 0 fully saturated rings. The maximum atomic E-state index is 8.15. The molecule has 1 aromatic rings. The van der Waals surface area contributed by atoms with Gasteiger partial charge in [-0.25, -0.2) is 0 Å². The number of aromatic nitrogens is 3. The van der Waals surface area contributed by atoms with Crippen molar-refractivity contribution in [3.8, 4) is 6.19 Å². The molecule has 0 aliphatic carbocycles. The van der Waals surface area contributed by atoms with Gasteiger partial charge in [-0.05, 0) is 5.21 Å². The van der Waals surface area contributed by atoms with Crippen molar-refractivity contribution < 1.29 is 0 Å². The molecule has 0 spiro atoms. The topological polar surface area (TPSA) is 74.5 Å². The van der Waals surface area contributed by atoms with Crippen LogP contribution in [0.4, 0.5) is 5.69 Å². The smallest absolute Gasteiger partial charge is 0.181 e. The van der Waals surface area contributed by atoms with Crippen LogP contribution in [-0.4, -0.2) is 15.4 Å². The number of halogens is 1. The Bertz CT molecular complexity index is 267. The van der Waals surface area contributed by atoms with E-state index in [1.165, 1.54) is 6.20 Å². The molecule has 0 unspecified atom stereocenters. The first-order valence-corrected chi connectivity index (χ1v) is 2.71. The number of hydrogen-bond donors (Lipinski definition) is 1. The zero-order chi connectivity index (χ0) is 7.40. The Morgan fingerprint density at radius 1 is 1.70 bits per heavy atom. The lowest BCUT2D eigenvalue weighted by Gasteiger charge is -1.93. The lowest BCUT2D eigenvalue weighted by molar-refractivity contribution is 0.868. The largest absolute Gasteiger partial charge is 0.288 e. The Kier molecular flexibility index (Phi) is 1.97. The lowest BCUT2D eigenvalue weighted by Crippen LogP contribution is -1.94. The van der Waals surface area contributed by atoms with Gasteiger partial charge in [0.25, 0.3) is 0 Å². The van der Waals surface area contributed by atoms with E-state index < -0.39 is 0 Å². The van der Waals surface area contributed by atoms with E-state index in [1.54, 1.807) is 6.19 Å². The molecule has 0 bridgehead atoms. The van der Waals surface area contributed by atoms with Crippen LogP contribution >= 0.6 is 11.6 Å². The van der Waals surface area contributed by atoms with Crippen molar-refractivity contribution in [2.75, 3.05) is 5.32 Å². The fourth-order valence-corrected chi connectivity index (χ4v) is 0.530. The van der Waals surface area contributed by atoms with Gasteiger partial charge in [0.1, 0.15) is 5.69 Å². The van der Waals surface area contributed by atoms with E-state index in [4.69, 9.17) is 16.9 Å². The summed E-state index contributed by atoms with van der Waals surface area (Å²) in [5.74, 6) is 0. The molecule has 6 heteroatoms. The van der Waals surface area contributed by atoms with Gasteiger partial charge >= 0.3 is 0 Å². The highest BCUT2D eigenvalue weighted by Crippen LogP contribution is 2.13. The minimum Gasteiger partial charge on any atom is -0.288 e. The zero-order valence-corrected chi connectivity index (χ0v) is 5.50. The fourth-order valence-electron chi connectivity index (χ4n) is 0.400. The minimum atomic E-state index is 0.136. The summed E-state index contributed by atoms with van der Waals surface area (Å²) in [6.07, 6.45) is 3.00. The van der Waals surface area contributed by atoms with E-state index in [-0.39, 0.29) is 5.15 Å². The van der Waals surface area contributed by atoms with Crippen LogP contribution in [0.1, 0.15) is 0 Å². The summed E-state index contributed by atoms with van der Waals surface area (Å²) >= 11 is 5.48. The normalized spacial score (nSPS) is 8.40. The Balaban J connectivity index is 2.94. The summed E-state index contributed by atoms with van der Waals surface area (Å²) in [6, 6.07) is 0. The summed E-state index contributed by atoms with van der Waals surface area (Å²) in [6.45, 7) is 0. The van der Waals surface area contributed by atoms with Crippen LogP contribution in [-0.2, 0) is 0 Å². The molecule has 1 rings (SSSR count). The van der Waals surface area contributed by atoms with Gasteiger partial charge < -0.3 is 0 Å². The van der Waals surface area contributed by atoms with Crippen molar-refractivity contribution in [1.82, 2.24) is 15.4 Å². The van der Waals surface area contributed by atoms with Crippen LogP contribution in [0.15, 0.2) is 6.20 Å². The quantitative estimate of drug-likeness (QED) is 0.470. The zero-order valence-electron chi connectivity index (χ0n) is 4.74. The second kappa shape index (κ2) is 2.94. The average Bonchev–Trinajstić information content (AvgIpc) is 1.94. The highest BCUT2D eigenvalue weighted by atomic mass is 35.5. The Morgan fingerprint density at radius 3 is 3.10 bits per heavy atom. The third-order valence-corrected chi connectivity index (χ3v) is 1.06. The predicted octanol–water partition coefficient (Wildman–Crippen LogP) is 0.418. The molecule has 0 aliphatic rings. The maximum Gasteiger partial charge on any atom is 0.181 e. The Morgan fingerprint density at radius 2 is 2.50 bits per heavy atom. The first kappa shape index (κ1) is 6.71. The van der Waals surface area contributed by atoms with E-state index in [0.29, 0.717) is 5.69 Å². The van der Waals surface area contributed by atoms with Crippen LogP contribution in [0.3, 0.4) is 0 Å². The summed E-state index contributed by atoms with van der Waals surface area (Å²) < 4.78 is 0. The third kappa shape index (κ3) is 1.30. The second-order valence-electron chi connectivity index (χ2n) is 1.38. The van der Waals surface area contributed by atoms with Crippen LogP contribution in [0.5, 0.6) is 0 Å². The molecule has 0 saturated carbocycles. The van der Waals surface area contributed by atoms with Gasteiger partial charge in [-0.1, -0.05) is 11.6 Å². The van der Waals surface area contributed by atoms with E-state index in [0.717, 1.165) is 0 Å². The molecule has 50 valence electrons. The Labute approximate surface area is 61.6 Å². The highest BCUT2D eigenvalue weighted by molar-refractivity contribution is 6.31. The molecule has 0 atom stereocenters. The molecule has 0 amide bonds. The van der Waals surface area contributed by atoms with Gasteiger partial charge in [-0.3, -0.25) is 5.32 Å². The van der Waals surface area contributed by atoms with Crippen molar-refractivity contribution in [3.63, 3.8) is 0 Å². The van der Waals surface area contributed by atoms with Crippen molar-refractivity contribution in [2.24, 2.45) is 0 Å². The second-order valence-corrected chi connectivity index (χ2v) is 1.73. The van der Waals surface area contributed by atoms with Crippen molar-refractivity contribution in [1.29, 1.82) is 5.26 Å². The standard InChI is InChI=1S/C4H2ClN5/c5-4-3(7-2-6)1-8-10-9-4/h1H,(H,7,10). The fraction of sp³-hybridized carbons (Fsp3) is 0. The van der Waals surface area contributed by atoms with E-state index in [9.17, 15) is 0 Å². The predicted molar refractivity (Wildman–Crippen MR) is 34.1 cm³/mol. The maximum absolute atomic E-state index is 8.15. The SMILES string of the molecule is N#CNc1cnnnc1Cl. The molecular weight excluding hydrogens is 154 g/mol. The molecule has 1 aromatic heterocycles. The molecule has 1 heterocycles. The van der Waals surface area contributed by atoms with Crippen molar-refractivity contribution >= 4 is 17.3 Å². The summed E-state index contributed by atoms with van der Waals surface area (Å²) in [5.41, 5.74) is 0.360. The first-order chi connectivity index (χ1) is 4.84. The minimum absolute atomic E-state index is 0.136. The first-order valence-electron chi connectivity index (χ1n) is 2.33. The van der Waals surface area contributed by atoms with Gasteiger partial charge in [0.15, 0.2) is 11.3 Å². The number of nitrogens with zero attached hydrogens (tertiary/aromatic N) is 4. The number of rotatable bonds is 1. The van der Waals surface area contributed by atoms with Crippen molar-refractivity contribution in [2.45, 2.75) is 0 Å². The van der Waals surface area contributed by atoms with E-state index in [2.05, 4.69) is 20.7 Å². The molecule has 0 radical (unpaired) electrons. The molecule has 1 N–H and O–H groups in total. The van der Waals surface area contributed by atoms with Crippen LogP contribution in [0.2, 0.25) is 5.15 Å². The summed E-state index contributed by atoms with van der Waals surface area (Å²) in [5, 5.41) is 20.6. The van der Waals surface area contributed by atoms with Crippen LogP contribution in [0.25, 0.3) is 0 Å². The molecule has 0 aliphatic heterocycles. The number of nitriles is 1.